The lowest BCUT2D eigenvalue weighted by Gasteiger charge is -2.39. The molecule has 0 fully saturated rings. The van der Waals surface area contributed by atoms with Crippen LogP contribution in [0.2, 0.25) is 0 Å². The molecular weight excluding hydrogens is 214 g/mol. The van der Waals surface area contributed by atoms with E-state index in [-0.39, 0.29) is 0 Å². The predicted octanol–water partition coefficient (Wildman–Crippen LogP) is 4.81. The molecule has 0 amide bonds. The average Bonchev–Trinajstić information content (AvgIpc) is 2.79. The second kappa shape index (κ2) is 5.81. The molecule has 1 aliphatic carbocycles. The van der Waals surface area contributed by atoms with Crippen molar-refractivity contribution in [1.82, 2.24) is 4.98 Å². The lowest BCUT2D eigenvalue weighted by molar-refractivity contribution is 0.247. The lowest BCUT2D eigenvalue weighted by Crippen LogP contribution is -2.35. The zero-order chi connectivity index (χ0) is 12.2. The molecule has 0 saturated heterocycles. The first-order valence-electron chi connectivity index (χ1n) is 6.63. The minimum absolute atomic E-state index is 0.383. The van der Waals surface area contributed by atoms with Gasteiger partial charge in [0.05, 0.1) is 11.2 Å². The SMILES string of the molecule is CC.CCC1(C(C)C)CCCc2scnc21. The molecule has 92 valence electrons. The minimum atomic E-state index is 0.383. The lowest BCUT2D eigenvalue weighted by atomic mass is 9.66. The van der Waals surface area contributed by atoms with Gasteiger partial charge in [0.1, 0.15) is 0 Å². The molecule has 1 nitrogen and oxygen atoms in total. The van der Waals surface area contributed by atoms with Crippen molar-refractivity contribution >= 4 is 11.3 Å². The van der Waals surface area contributed by atoms with E-state index in [9.17, 15) is 0 Å². The largest absolute Gasteiger partial charge is 0.249 e. The number of fused-ring (bicyclic) bond motifs is 1. The zero-order valence-electron chi connectivity index (χ0n) is 11.3. The van der Waals surface area contributed by atoms with E-state index >= 15 is 0 Å². The summed E-state index contributed by atoms with van der Waals surface area (Å²) in [5.41, 5.74) is 3.84. The van der Waals surface area contributed by atoms with Gasteiger partial charge in [-0.25, -0.2) is 4.98 Å². The van der Waals surface area contributed by atoms with Gasteiger partial charge in [-0.1, -0.05) is 34.6 Å². The van der Waals surface area contributed by atoms with Crippen molar-refractivity contribution in [3.63, 3.8) is 0 Å². The molecule has 0 radical (unpaired) electrons. The Hall–Kier alpha value is -0.370. The zero-order valence-corrected chi connectivity index (χ0v) is 12.2. The molecule has 0 saturated carbocycles. The van der Waals surface area contributed by atoms with Crippen molar-refractivity contribution in [2.45, 2.75) is 65.7 Å². The third kappa shape index (κ3) is 2.17. The van der Waals surface area contributed by atoms with Crippen LogP contribution in [0.5, 0.6) is 0 Å². The van der Waals surface area contributed by atoms with Crippen LogP contribution in [-0.4, -0.2) is 4.98 Å². The van der Waals surface area contributed by atoms with Crippen LogP contribution in [0.25, 0.3) is 0 Å². The van der Waals surface area contributed by atoms with E-state index < -0.39 is 0 Å². The van der Waals surface area contributed by atoms with Crippen molar-refractivity contribution in [2.75, 3.05) is 0 Å². The van der Waals surface area contributed by atoms with E-state index in [1.807, 2.05) is 30.7 Å². The summed E-state index contributed by atoms with van der Waals surface area (Å²) in [5.74, 6) is 0.716. The van der Waals surface area contributed by atoms with Crippen LogP contribution >= 0.6 is 11.3 Å². The number of nitrogens with zero attached hydrogens (tertiary/aromatic N) is 1. The van der Waals surface area contributed by atoms with E-state index in [0.29, 0.717) is 11.3 Å². The second-order valence-corrected chi connectivity index (χ2v) is 5.58. The van der Waals surface area contributed by atoms with Crippen LogP contribution in [0.4, 0.5) is 0 Å². The van der Waals surface area contributed by atoms with Crippen LogP contribution in [0.3, 0.4) is 0 Å². The Balaban J connectivity index is 0.000000606. The van der Waals surface area contributed by atoms with Crippen LogP contribution in [0.1, 0.15) is 64.5 Å². The molecule has 1 unspecified atom stereocenters. The quantitative estimate of drug-likeness (QED) is 0.721. The van der Waals surface area contributed by atoms with Crippen LogP contribution in [0, 0.1) is 5.92 Å². The monoisotopic (exact) mass is 239 g/mol. The first-order valence-corrected chi connectivity index (χ1v) is 7.51. The molecule has 2 rings (SSSR count). The highest BCUT2D eigenvalue weighted by Crippen LogP contribution is 2.45. The molecule has 2 heteroatoms. The molecule has 16 heavy (non-hydrogen) atoms. The molecule has 0 aliphatic heterocycles. The molecule has 0 bridgehead atoms. The Morgan fingerprint density at radius 3 is 2.69 bits per heavy atom. The predicted molar refractivity (Wildman–Crippen MR) is 73.2 cm³/mol. The van der Waals surface area contributed by atoms with Crippen molar-refractivity contribution in [3.8, 4) is 0 Å². The van der Waals surface area contributed by atoms with Gasteiger partial charge in [-0.05, 0) is 31.6 Å². The summed E-state index contributed by atoms with van der Waals surface area (Å²) in [6, 6.07) is 0. The van der Waals surface area contributed by atoms with Crippen molar-refractivity contribution < 1.29 is 0 Å². The number of hydrogen-bond donors (Lipinski definition) is 0. The maximum Gasteiger partial charge on any atom is 0.0797 e. The molecule has 1 aromatic rings. The molecular formula is C14H25NS. The number of rotatable bonds is 2. The van der Waals surface area contributed by atoms with E-state index in [0.717, 1.165) is 0 Å². The molecule has 0 N–H and O–H groups in total. The number of aryl methyl sites for hydroxylation is 1. The van der Waals surface area contributed by atoms with Gasteiger partial charge in [0, 0.05) is 10.3 Å². The maximum absolute atomic E-state index is 4.62. The fourth-order valence-corrected chi connectivity index (χ4v) is 3.77. The Morgan fingerprint density at radius 2 is 2.12 bits per heavy atom. The van der Waals surface area contributed by atoms with Gasteiger partial charge in [-0.3, -0.25) is 0 Å². The molecule has 0 aromatic carbocycles. The first-order chi connectivity index (χ1) is 7.70. The third-order valence-electron chi connectivity index (χ3n) is 3.88. The Morgan fingerprint density at radius 1 is 1.44 bits per heavy atom. The highest BCUT2D eigenvalue weighted by atomic mass is 32.1. The van der Waals surface area contributed by atoms with Crippen LogP contribution in [0.15, 0.2) is 5.51 Å². The smallest absolute Gasteiger partial charge is 0.0797 e. The van der Waals surface area contributed by atoms with E-state index in [1.165, 1.54) is 31.4 Å². The summed E-state index contributed by atoms with van der Waals surface area (Å²) >= 11 is 1.85. The Bertz CT molecular complexity index is 316. The molecule has 0 spiro atoms. The summed E-state index contributed by atoms with van der Waals surface area (Å²) in [4.78, 5) is 6.17. The maximum atomic E-state index is 4.62. The van der Waals surface area contributed by atoms with Gasteiger partial charge < -0.3 is 0 Å². The van der Waals surface area contributed by atoms with E-state index in [1.54, 1.807) is 4.88 Å². The summed E-state index contributed by atoms with van der Waals surface area (Å²) in [7, 11) is 0. The topological polar surface area (TPSA) is 12.9 Å². The highest BCUT2D eigenvalue weighted by molar-refractivity contribution is 7.09. The van der Waals surface area contributed by atoms with E-state index in [2.05, 4.69) is 25.8 Å². The van der Waals surface area contributed by atoms with Crippen molar-refractivity contribution in [2.24, 2.45) is 5.92 Å². The van der Waals surface area contributed by atoms with Gasteiger partial charge in [-0.2, -0.15) is 0 Å². The number of aromatic nitrogens is 1. The molecule has 1 atom stereocenters. The van der Waals surface area contributed by atoms with Gasteiger partial charge in [0.15, 0.2) is 0 Å². The Kier molecular flexibility index (Phi) is 4.97. The molecule has 1 aromatic heterocycles. The highest BCUT2D eigenvalue weighted by Gasteiger charge is 2.39. The summed E-state index contributed by atoms with van der Waals surface area (Å²) < 4.78 is 0. The second-order valence-electron chi connectivity index (χ2n) is 4.64. The van der Waals surface area contributed by atoms with Crippen molar-refractivity contribution in [3.05, 3.63) is 16.1 Å². The summed E-state index contributed by atoms with van der Waals surface area (Å²) in [5, 5.41) is 0. The standard InChI is InChI=1S/C12H19NS.C2H6/c1-4-12(9(2)3)7-5-6-10-11(12)13-8-14-10;1-2/h8-9H,4-7H2,1-3H3;1-2H3. The molecule has 1 heterocycles. The van der Waals surface area contributed by atoms with Gasteiger partial charge in [0.2, 0.25) is 0 Å². The fourth-order valence-electron chi connectivity index (χ4n) is 2.85. The van der Waals surface area contributed by atoms with E-state index in [4.69, 9.17) is 0 Å². The Labute approximate surface area is 104 Å². The van der Waals surface area contributed by atoms with Crippen LogP contribution < -0.4 is 0 Å². The van der Waals surface area contributed by atoms with Gasteiger partial charge in [-0.15, -0.1) is 11.3 Å². The average molecular weight is 239 g/mol. The number of thiazole rings is 1. The summed E-state index contributed by atoms with van der Waals surface area (Å²) in [6.45, 7) is 11.0. The van der Waals surface area contributed by atoms with Crippen LogP contribution in [-0.2, 0) is 11.8 Å². The van der Waals surface area contributed by atoms with Crippen molar-refractivity contribution in [1.29, 1.82) is 0 Å². The fraction of sp³-hybridized carbons (Fsp3) is 0.786. The van der Waals surface area contributed by atoms with Gasteiger partial charge in [0.25, 0.3) is 0 Å². The van der Waals surface area contributed by atoms with Gasteiger partial charge >= 0.3 is 0 Å². The summed E-state index contributed by atoms with van der Waals surface area (Å²) in [6.07, 6.45) is 5.18. The third-order valence-corrected chi connectivity index (χ3v) is 4.77. The molecule has 1 aliphatic rings. The number of hydrogen-bond acceptors (Lipinski definition) is 2. The minimum Gasteiger partial charge on any atom is -0.249 e. The normalized spacial score (nSPS) is 23.6. The first kappa shape index (κ1) is 13.7.